The molecule has 3 heterocycles. The number of aromatic nitrogens is 2. The van der Waals surface area contributed by atoms with Gasteiger partial charge in [-0.2, -0.15) is 5.26 Å². The third kappa shape index (κ3) is 3.07. The number of pyridine rings is 1. The Kier molecular flexibility index (Phi) is 4.77. The van der Waals surface area contributed by atoms with Gasteiger partial charge >= 0.3 is 0 Å². The van der Waals surface area contributed by atoms with E-state index in [0.717, 1.165) is 35.2 Å². The lowest BCUT2D eigenvalue weighted by atomic mass is 9.88. The molecular weight excluding hydrogens is 368 g/mol. The van der Waals surface area contributed by atoms with Crippen LogP contribution < -0.4 is 5.32 Å². The lowest BCUT2D eigenvalue weighted by Crippen LogP contribution is -2.26. The smallest absolute Gasteiger partial charge is 0.101 e. The molecule has 30 heavy (non-hydrogen) atoms. The van der Waals surface area contributed by atoms with Crippen LogP contribution in [0.2, 0.25) is 0 Å². The van der Waals surface area contributed by atoms with Gasteiger partial charge in [0.2, 0.25) is 0 Å². The molecule has 0 amide bonds. The Balaban J connectivity index is 1.73. The molecule has 1 saturated heterocycles. The number of rotatable bonds is 3. The average molecular weight is 395 g/mol. The second kappa shape index (κ2) is 7.59. The zero-order valence-electron chi connectivity index (χ0n) is 17.5. The second-order valence-corrected chi connectivity index (χ2v) is 8.57. The fourth-order valence-electron chi connectivity index (χ4n) is 4.93. The van der Waals surface area contributed by atoms with Crippen molar-refractivity contribution in [2.45, 2.75) is 38.5 Å². The van der Waals surface area contributed by atoms with Gasteiger partial charge in [0.15, 0.2) is 0 Å². The first-order valence-electron chi connectivity index (χ1n) is 10.8. The lowest BCUT2D eigenvalue weighted by molar-refractivity contribution is 0.460. The van der Waals surface area contributed by atoms with E-state index in [2.05, 4.69) is 65.5 Å². The number of piperidine rings is 1. The highest BCUT2D eigenvalue weighted by Gasteiger charge is 2.21. The van der Waals surface area contributed by atoms with Crippen molar-refractivity contribution in [1.82, 2.24) is 15.3 Å². The van der Waals surface area contributed by atoms with Crippen LogP contribution in [0.3, 0.4) is 0 Å². The molecule has 150 valence electrons. The maximum absolute atomic E-state index is 9.51. The Morgan fingerprint density at radius 2 is 1.90 bits per heavy atom. The first kappa shape index (κ1) is 18.8. The minimum absolute atomic E-state index is 0.374. The monoisotopic (exact) mass is 394 g/mol. The summed E-state index contributed by atoms with van der Waals surface area (Å²) in [6.45, 7) is 6.71. The van der Waals surface area contributed by atoms with Crippen LogP contribution in [0.15, 0.2) is 48.7 Å². The van der Waals surface area contributed by atoms with Gasteiger partial charge in [0.1, 0.15) is 6.07 Å². The van der Waals surface area contributed by atoms with E-state index in [0.29, 0.717) is 17.4 Å². The molecule has 4 heteroatoms. The summed E-state index contributed by atoms with van der Waals surface area (Å²) in [6, 6.07) is 17.2. The number of fused-ring (bicyclic) bond motifs is 2. The van der Waals surface area contributed by atoms with Crippen LogP contribution in [0.1, 0.15) is 55.2 Å². The summed E-state index contributed by atoms with van der Waals surface area (Å²) in [5.74, 6) is 1.01. The largest absolute Gasteiger partial charge is 0.354 e. The number of hydrogen-bond donors (Lipinski definition) is 2. The van der Waals surface area contributed by atoms with Crippen LogP contribution in [-0.2, 0) is 0 Å². The number of H-pyrrole nitrogens is 1. The molecule has 0 radical (unpaired) electrons. The van der Waals surface area contributed by atoms with Crippen molar-refractivity contribution in [2.24, 2.45) is 0 Å². The van der Waals surface area contributed by atoms with Gasteiger partial charge in [-0.05, 0) is 73.2 Å². The Morgan fingerprint density at radius 1 is 1.07 bits per heavy atom. The van der Waals surface area contributed by atoms with E-state index in [1.165, 1.54) is 34.9 Å². The predicted molar refractivity (Wildman–Crippen MR) is 123 cm³/mol. The number of nitrogens with zero attached hydrogens (tertiary/aromatic N) is 2. The van der Waals surface area contributed by atoms with Crippen molar-refractivity contribution in [2.75, 3.05) is 13.1 Å². The van der Waals surface area contributed by atoms with E-state index < -0.39 is 0 Å². The summed E-state index contributed by atoms with van der Waals surface area (Å²) < 4.78 is 0. The highest BCUT2D eigenvalue weighted by atomic mass is 14.9. The summed E-state index contributed by atoms with van der Waals surface area (Å²) in [6.07, 6.45) is 4.16. The molecule has 4 aromatic rings. The molecule has 4 nitrogen and oxygen atoms in total. The van der Waals surface area contributed by atoms with E-state index in [-0.39, 0.29) is 0 Å². The third-order valence-corrected chi connectivity index (χ3v) is 6.41. The van der Waals surface area contributed by atoms with Crippen molar-refractivity contribution in [3.05, 3.63) is 65.4 Å². The summed E-state index contributed by atoms with van der Waals surface area (Å²) in [5.41, 5.74) is 7.60. The number of nitrogens with one attached hydrogen (secondary N) is 2. The predicted octanol–water partition coefficient (Wildman–Crippen LogP) is 5.85. The zero-order valence-corrected chi connectivity index (χ0v) is 17.5. The molecule has 1 aliphatic rings. The van der Waals surface area contributed by atoms with Gasteiger partial charge < -0.3 is 10.3 Å². The molecule has 0 bridgehead atoms. The molecule has 2 aromatic heterocycles. The molecule has 2 aromatic carbocycles. The number of hydrogen-bond acceptors (Lipinski definition) is 3. The molecule has 0 saturated carbocycles. The molecule has 1 fully saturated rings. The van der Waals surface area contributed by atoms with E-state index in [1.54, 1.807) is 6.20 Å². The normalized spacial score (nSPS) is 15.1. The molecule has 0 atom stereocenters. The van der Waals surface area contributed by atoms with Crippen molar-refractivity contribution >= 4 is 21.8 Å². The van der Waals surface area contributed by atoms with Crippen LogP contribution in [0.25, 0.3) is 33.1 Å². The summed E-state index contributed by atoms with van der Waals surface area (Å²) in [7, 11) is 0. The van der Waals surface area contributed by atoms with Gasteiger partial charge in [0.05, 0.1) is 16.8 Å². The van der Waals surface area contributed by atoms with Gasteiger partial charge in [0, 0.05) is 28.0 Å². The maximum atomic E-state index is 9.51. The summed E-state index contributed by atoms with van der Waals surface area (Å²) >= 11 is 0. The second-order valence-electron chi connectivity index (χ2n) is 8.57. The fourth-order valence-corrected chi connectivity index (χ4v) is 4.93. The molecule has 0 spiro atoms. The van der Waals surface area contributed by atoms with E-state index in [9.17, 15) is 5.26 Å². The Morgan fingerprint density at radius 3 is 2.67 bits per heavy atom. The van der Waals surface area contributed by atoms with E-state index in [1.807, 2.05) is 12.1 Å². The van der Waals surface area contributed by atoms with Gasteiger partial charge in [-0.1, -0.05) is 32.0 Å². The number of benzene rings is 2. The van der Waals surface area contributed by atoms with Crippen LogP contribution in [-0.4, -0.2) is 23.1 Å². The average Bonchev–Trinajstić information content (AvgIpc) is 3.17. The highest BCUT2D eigenvalue weighted by Crippen LogP contribution is 2.40. The van der Waals surface area contributed by atoms with Crippen molar-refractivity contribution in [3.63, 3.8) is 0 Å². The number of aromatic amines is 1. The lowest BCUT2D eigenvalue weighted by Gasteiger charge is -2.23. The number of nitriles is 1. The third-order valence-electron chi connectivity index (χ3n) is 6.41. The summed E-state index contributed by atoms with van der Waals surface area (Å²) in [5, 5.41) is 15.3. The summed E-state index contributed by atoms with van der Waals surface area (Å²) in [4.78, 5) is 8.20. The molecule has 5 rings (SSSR count). The van der Waals surface area contributed by atoms with Gasteiger partial charge in [-0.3, -0.25) is 4.98 Å². The maximum Gasteiger partial charge on any atom is 0.101 e. The van der Waals surface area contributed by atoms with Crippen molar-refractivity contribution in [1.29, 1.82) is 5.26 Å². The molecule has 0 aliphatic carbocycles. The van der Waals surface area contributed by atoms with Crippen LogP contribution in [0, 0.1) is 11.3 Å². The Bertz CT molecular complexity index is 1270. The molecule has 0 unspecified atom stereocenters. The van der Waals surface area contributed by atoms with Gasteiger partial charge in [-0.15, -0.1) is 0 Å². The minimum atomic E-state index is 0.374. The Hall–Kier alpha value is -3.16. The van der Waals surface area contributed by atoms with Crippen LogP contribution in [0.5, 0.6) is 0 Å². The van der Waals surface area contributed by atoms with Crippen molar-refractivity contribution in [3.8, 4) is 17.3 Å². The molecule has 2 N–H and O–H groups in total. The SMILES string of the molecule is CC(C)c1c(-c2ccc(C#N)c3ncccc23)[nH]c2ccc(C3CCNCC3)cc12. The topological polar surface area (TPSA) is 64.5 Å². The van der Waals surface area contributed by atoms with Crippen molar-refractivity contribution < 1.29 is 0 Å². The van der Waals surface area contributed by atoms with Crippen LogP contribution >= 0.6 is 0 Å². The van der Waals surface area contributed by atoms with E-state index in [4.69, 9.17) is 0 Å². The van der Waals surface area contributed by atoms with E-state index >= 15 is 0 Å². The standard InChI is InChI=1S/C26H26N4/c1-16(2)24-22-14-18(17-9-12-28-13-10-17)6-8-23(22)30-26(24)21-7-5-19(15-27)25-20(21)4-3-11-29-25/h3-8,11,14,16-17,28,30H,9-10,12-13H2,1-2H3. The highest BCUT2D eigenvalue weighted by molar-refractivity contribution is 6.01. The zero-order chi connectivity index (χ0) is 20.7. The van der Waals surface area contributed by atoms with Gasteiger partial charge in [-0.25, -0.2) is 0 Å². The molecular formula is C26H26N4. The Labute approximate surface area is 177 Å². The van der Waals surface area contributed by atoms with Crippen LogP contribution in [0.4, 0.5) is 0 Å². The fraction of sp³-hybridized carbons (Fsp3) is 0.308. The first-order chi connectivity index (χ1) is 14.7. The minimum Gasteiger partial charge on any atom is -0.354 e. The quantitative estimate of drug-likeness (QED) is 0.458. The molecule has 1 aliphatic heterocycles. The van der Waals surface area contributed by atoms with Gasteiger partial charge in [0.25, 0.3) is 0 Å². The first-order valence-corrected chi connectivity index (χ1v) is 10.8.